The summed E-state index contributed by atoms with van der Waals surface area (Å²) in [6.45, 7) is 3.74. The number of esters is 1. The molecule has 0 fully saturated rings. The minimum atomic E-state index is -0.774. The molecule has 0 aromatic heterocycles. The number of hydrogen-bond donors (Lipinski definition) is 0. The van der Waals surface area contributed by atoms with Crippen LogP contribution in [-0.2, 0) is 4.79 Å². The fourth-order valence-electron chi connectivity index (χ4n) is 1.35. The van der Waals surface area contributed by atoms with Gasteiger partial charge in [-0.1, -0.05) is 6.07 Å². The fourth-order valence-corrected chi connectivity index (χ4v) is 1.35. The van der Waals surface area contributed by atoms with Gasteiger partial charge in [0.25, 0.3) is 5.78 Å². The molecule has 1 aliphatic heterocycles. The first-order chi connectivity index (χ1) is 6.11. The van der Waals surface area contributed by atoms with Gasteiger partial charge in [-0.2, -0.15) is 0 Å². The molecular weight excluding hydrogens is 168 g/mol. The van der Waals surface area contributed by atoms with Crippen molar-refractivity contribution in [2.24, 2.45) is 0 Å². The highest BCUT2D eigenvalue weighted by Gasteiger charge is 2.32. The van der Waals surface area contributed by atoms with Crippen molar-refractivity contribution in [1.82, 2.24) is 0 Å². The summed E-state index contributed by atoms with van der Waals surface area (Å²) in [6.07, 6.45) is 0. The maximum atomic E-state index is 11.2. The zero-order valence-electron chi connectivity index (χ0n) is 7.38. The van der Waals surface area contributed by atoms with Gasteiger partial charge >= 0.3 is 5.97 Å². The fraction of sp³-hybridized carbons (Fsp3) is 0.200. The van der Waals surface area contributed by atoms with Crippen LogP contribution in [0.2, 0.25) is 0 Å². The molecule has 3 nitrogen and oxygen atoms in total. The van der Waals surface area contributed by atoms with Gasteiger partial charge in [0, 0.05) is 0 Å². The van der Waals surface area contributed by atoms with E-state index in [0.29, 0.717) is 11.3 Å². The summed E-state index contributed by atoms with van der Waals surface area (Å²) in [7, 11) is 0. The molecule has 0 saturated heterocycles. The number of ketones is 1. The highest BCUT2D eigenvalue weighted by molar-refractivity contribution is 6.44. The van der Waals surface area contributed by atoms with E-state index in [4.69, 9.17) is 4.74 Å². The highest BCUT2D eigenvalue weighted by atomic mass is 16.5. The van der Waals surface area contributed by atoms with Gasteiger partial charge in [0.05, 0.1) is 5.56 Å². The van der Waals surface area contributed by atoms with E-state index in [2.05, 4.69) is 0 Å². The maximum Gasteiger partial charge on any atom is 0.385 e. The maximum absolute atomic E-state index is 11.2. The Kier molecular flexibility index (Phi) is 1.49. The molecule has 0 amide bonds. The van der Waals surface area contributed by atoms with Crippen LogP contribution in [-0.4, -0.2) is 11.8 Å². The number of rotatable bonds is 0. The molecule has 1 heterocycles. The largest absolute Gasteiger partial charge is 0.419 e. The Labute approximate surface area is 75.3 Å². The van der Waals surface area contributed by atoms with Gasteiger partial charge in [0.2, 0.25) is 0 Å². The summed E-state index contributed by atoms with van der Waals surface area (Å²) in [5, 5.41) is 0. The van der Waals surface area contributed by atoms with E-state index in [9.17, 15) is 9.59 Å². The number of benzene rings is 1. The van der Waals surface area contributed by atoms with Gasteiger partial charge in [0.1, 0.15) is 5.75 Å². The molecule has 0 aliphatic carbocycles. The lowest BCUT2D eigenvalue weighted by molar-refractivity contribution is -0.128. The molecule has 2 rings (SSSR count). The number of ether oxygens (including phenoxy) is 1. The van der Waals surface area contributed by atoms with Crippen LogP contribution in [0.3, 0.4) is 0 Å². The number of carbonyl (C=O) groups is 2. The average molecular weight is 176 g/mol. The van der Waals surface area contributed by atoms with Crippen molar-refractivity contribution in [2.45, 2.75) is 13.8 Å². The van der Waals surface area contributed by atoms with Crippen molar-refractivity contribution in [1.29, 1.82) is 0 Å². The van der Waals surface area contributed by atoms with Crippen LogP contribution in [0.25, 0.3) is 0 Å². The third-order valence-electron chi connectivity index (χ3n) is 2.30. The summed E-state index contributed by atoms with van der Waals surface area (Å²) < 4.78 is 4.84. The van der Waals surface area contributed by atoms with Crippen LogP contribution in [0.5, 0.6) is 5.75 Å². The lowest BCUT2D eigenvalue weighted by atomic mass is 10.0. The first-order valence-corrected chi connectivity index (χ1v) is 3.98. The SMILES string of the molecule is Cc1ccc2c(c1C)OC(=O)C2=O. The van der Waals surface area contributed by atoms with E-state index in [1.165, 1.54) is 0 Å². The van der Waals surface area contributed by atoms with Gasteiger partial charge in [-0.3, -0.25) is 4.79 Å². The third-order valence-corrected chi connectivity index (χ3v) is 2.30. The van der Waals surface area contributed by atoms with Crippen molar-refractivity contribution < 1.29 is 14.3 Å². The second-order valence-electron chi connectivity index (χ2n) is 3.10. The quantitative estimate of drug-likeness (QED) is 0.341. The van der Waals surface area contributed by atoms with E-state index >= 15 is 0 Å². The minimum absolute atomic E-state index is 0.383. The minimum Gasteiger partial charge on any atom is -0.419 e. The normalized spacial score (nSPS) is 14.3. The molecule has 0 bridgehead atoms. The number of carbonyl (C=O) groups excluding carboxylic acids is 2. The molecule has 13 heavy (non-hydrogen) atoms. The van der Waals surface area contributed by atoms with Crippen molar-refractivity contribution in [3.05, 3.63) is 28.8 Å². The monoisotopic (exact) mass is 176 g/mol. The summed E-state index contributed by atoms with van der Waals surface area (Å²) in [4.78, 5) is 22.1. The van der Waals surface area contributed by atoms with E-state index in [-0.39, 0.29) is 0 Å². The molecule has 0 unspecified atom stereocenters. The first kappa shape index (κ1) is 7.98. The van der Waals surface area contributed by atoms with Crippen LogP contribution in [0, 0.1) is 13.8 Å². The van der Waals surface area contributed by atoms with Gasteiger partial charge in [0.15, 0.2) is 0 Å². The molecule has 1 aromatic carbocycles. The van der Waals surface area contributed by atoms with Crippen LogP contribution >= 0.6 is 0 Å². The summed E-state index contributed by atoms with van der Waals surface area (Å²) >= 11 is 0. The predicted octanol–water partition coefficient (Wildman–Crippen LogP) is 1.41. The molecule has 0 N–H and O–H groups in total. The Balaban J connectivity index is 2.70. The van der Waals surface area contributed by atoms with Crippen molar-refractivity contribution in [3.63, 3.8) is 0 Å². The summed E-state index contributed by atoms with van der Waals surface area (Å²) in [5.74, 6) is -0.892. The second-order valence-corrected chi connectivity index (χ2v) is 3.10. The Hall–Kier alpha value is -1.64. The number of aryl methyl sites for hydroxylation is 1. The van der Waals surface area contributed by atoms with Crippen molar-refractivity contribution in [2.75, 3.05) is 0 Å². The molecule has 1 aliphatic rings. The van der Waals surface area contributed by atoms with Gasteiger partial charge in [-0.25, -0.2) is 4.79 Å². The van der Waals surface area contributed by atoms with Crippen molar-refractivity contribution in [3.8, 4) is 5.75 Å². The molecule has 0 atom stereocenters. The molecule has 3 heteroatoms. The zero-order chi connectivity index (χ0) is 9.59. The Morgan fingerprint density at radius 2 is 1.85 bits per heavy atom. The topological polar surface area (TPSA) is 43.4 Å². The van der Waals surface area contributed by atoms with Crippen molar-refractivity contribution >= 4 is 11.8 Å². The van der Waals surface area contributed by atoms with Gasteiger partial charge < -0.3 is 4.74 Å². The van der Waals surface area contributed by atoms with E-state index in [1.807, 2.05) is 19.9 Å². The third kappa shape index (κ3) is 0.967. The molecule has 1 aromatic rings. The van der Waals surface area contributed by atoms with Gasteiger partial charge in [-0.15, -0.1) is 0 Å². The summed E-state index contributed by atoms with van der Waals surface area (Å²) in [5.41, 5.74) is 2.26. The highest BCUT2D eigenvalue weighted by Crippen LogP contribution is 2.31. The number of fused-ring (bicyclic) bond motifs is 1. The molecule has 0 radical (unpaired) electrons. The van der Waals surface area contributed by atoms with Gasteiger partial charge in [-0.05, 0) is 31.0 Å². The standard InChI is InChI=1S/C10H8O3/c1-5-3-4-7-8(11)10(12)13-9(7)6(5)2/h3-4H,1-2H3. The van der Waals surface area contributed by atoms with Crippen LogP contribution in [0.1, 0.15) is 21.5 Å². The zero-order valence-corrected chi connectivity index (χ0v) is 7.38. The summed E-state index contributed by atoms with van der Waals surface area (Å²) in [6, 6.07) is 3.44. The molecular formula is C10H8O3. The van der Waals surface area contributed by atoms with E-state index in [0.717, 1.165) is 11.1 Å². The lowest BCUT2D eigenvalue weighted by Crippen LogP contribution is -2.10. The second kappa shape index (κ2) is 2.42. The number of hydrogen-bond acceptors (Lipinski definition) is 3. The number of Topliss-reactive ketones (excluding diaryl/α,β-unsaturated/α-hetero) is 1. The molecule has 0 saturated carbocycles. The first-order valence-electron chi connectivity index (χ1n) is 3.98. The van der Waals surface area contributed by atoms with Crippen LogP contribution < -0.4 is 4.74 Å². The van der Waals surface area contributed by atoms with E-state index < -0.39 is 11.8 Å². The smallest absolute Gasteiger partial charge is 0.385 e. The van der Waals surface area contributed by atoms with Crippen LogP contribution in [0.15, 0.2) is 12.1 Å². The lowest BCUT2D eigenvalue weighted by Gasteiger charge is -2.03. The Bertz CT molecular complexity index is 418. The Morgan fingerprint density at radius 3 is 2.54 bits per heavy atom. The predicted molar refractivity (Wildman–Crippen MR) is 45.9 cm³/mol. The van der Waals surface area contributed by atoms with E-state index in [1.54, 1.807) is 6.07 Å². The van der Waals surface area contributed by atoms with Crippen LogP contribution in [0.4, 0.5) is 0 Å². The average Bonchev–Trinajstić information content (AvgIpc) is 2.38. The molecule has 66 valence electrons. The molecule has 0 spiro atoms. The Morgan fingerprint density at radius 1 is 1.15 bits per heavy atom.